The van der Waals surface area contributed by atoms with Crippen LogP contribution in [0.25, 0.3) is 116 Å². The van der Waals surface area contributed by atoms with Crippen LogP contribution in [0.3, 0.4) is 0 Å². The van der Waals surface area contributed by atoms with Gasteiger partial charge in [0.2, 0.25) is 0 Å². The van der Waals surface area contributed by atoms with E-state index in [2.05, 4.69) is 271 Å². The molecule has 3 aromatic heterocycles. The van der Waals surface area contributed by atoms with Crippen molar-refractivity contribution in [2.45, 2.75) is 77.0 Å². The van der Waals surface area contributed by atoms with E-state index >= 15 is 0 Å². The predicted octanol–water partition coefficient (Wildman–Crippen LogP) is 21.3. The Morgan fingerprint density at radius 2 is 0.854 bits per heavy atom. The Morgan fingerprint density at radius 1 is 0.317 bits per heavy atom. The first-order chi connectivity index (χ1) is 39.7. The van der Waals surface area contributed by atoms with E-state index in [0.717, 1.165) is 45.1 Å². The van der Waals surface area contributed by atoms with Crippen molar-refractivity contribution in [3.05, 3.63) is 251 Å². The summed E-state index contributed by atoms with van der Waals surface area (Å²) in [5.74, 6) is 0. The molecular weight excluding hydrogens is 997 g/mol. The van der Waals surface area contributed by atoms with E-state index in [9.17, 15) is 0 Å². The normalized spacial score (nSPS) is 16.0. The summed E-state index contributed by atoms with van der Waals surface area (Å²) in [7, 11) is 0. The van der Waals surface area contributed by atoms with Crippen LogP contribution in [-0.2, 0) is 21.7 Å². The fourth-order valence-electron chi connectivity index (χ4n) is 16.5. The standard InChI is InChI=1S/C78H58N2O2/c1-75(2)57-35-37-66-68(51-24-14-18-28-64(51)81-66)67(57)55-42-60-53(41-61(55)75)47-33-30-45(39-58(47)76(60,3)4)79(44-32-36-63-54(38-44)48-22-13-17-27-62(48)80(63)43-20-10-9-11-21-43)46-31-34-50-59(40-46)78(7,8)72-69(50)70-52-25-15-19-29-65(52)82-74(70)71-49-23-12-16-26-56(49)77(5,6)73(71)72/h9-42H,1-8H3. The molecule has 0 saturated heterocycles. The molecule has 0 saturated carbocycles. The van der Waals surface area contributed by atoms with Crippen LogP contribution in [0.5, 0.6) is 0 Å². The van der Waals surface area contributed by atoms with Crippen molar-refractivity contribution in [3.8, 4) is 50.2 Å². The van der Waals surface area contributed by atoms with Crippen LogP contribution in [0.1, 0.15) is 99.9 Å². The number of furan rings is 2. The Morgan fingerprint density at radius 3 is 1.63 bits per heavy atom. The van der Waals surface area contributed by atoms with E-state index in [-0.39, 0.29) is 21.7 Å². The lowest BCUT2D eigenvalue weighted by atomic mass is 9.72. The second-order valence-electron chi connectivity index (χ2n) is 25.9. The van der Waals surface area contributed by atoms with E-state index < -0.39 is 0 Å². The summed E-state index contributed by atoms with van der Waals surface area (Å²) in [6.45, 7) is 19.5. The Labute approximate surface area is 476 Å². The Bertz CT molecular complexity index is 5230. The number of anilines is 3. The second-order valence-corrected chi connectivity index (χ2v) is 25.9. The highest BCUT2D eigenvalue weighted by Crippen LogP contribution is 2.64. The van der Waals surface area contributed by atoms with Crippen LogP contribution in [0.2, 0.25) is 0 Å². The van der Waals surface area contributed by atoms with Gasteiger partial charge in [-0.05, 0) is 174 Å². The van der Waals surface area contributed by atoms with Crippen LogP contribution in [0.15, 0.2) is 215 Å². The van der Waals surface area contributed by atoms with Gasteiger partial charge < -0.3 is 18.3 Å². The number of fused-ring (bicyclic) bond motifs is 25. The average Bonchev–Trinajstić information content (AvgIpc) is 1.97. The molecule has 11 aromatic carbocycles. The summed E-state index contributed by atoms with van der Waals surface area (Å²) < 4.78 is 16.0. The topological polar surface area (TPSA) is 34.5 Å². The van der Waals surface area contributed by atoms with Gasteiger partial charge in [0.25, 0.3) is 0 Å². The zero-order chi connectivity index (χ0) is 55.1. The van der Waals surface area contributed by atoms with Crippen LogP contribution in [-0.4, -0.2) is 4.57 Å². The smallest absolute Gasteiger partial charge is 0.144 e. The molecule has 4 heteroatoms. The third-order valence-corrected chi connectivity index (χ3v) is 20.3. The fraction of sp³-hybridized carbons (Fsp3) is 0.154. The molecule has 82 heavy (non-hydrogen) atoms. The molecular formula is C78H58N2O2. The van der Waals surface area contributed by atoms with Crippen molar-refractivity contribution < 1.29 is 8.83 Å². The average molecular weight is 1060 g/mol. The van der Waals surface area contributed by atoms with Gasteiger partial charge in [0.05, 0.1) is 11.0 Å². The van der Waals surface area contributed by atoms with Crippen LogP contribution in [0, 0.1) is 0 Å². The molecule has 0 radical (unpaired) electrons. The molecule has 14 aromatic rings. The molecule has 4 nitrogen and oxygen atoms in total. The molecule has 0 atom stereocenters. The van der Waals surface area contributed by atoms with Gasteiger partial charge in [-0.25, -0.2) is 0 Å². The lowest BCUT2D eigenvalue weighted by molar-refractivity contribution is 0.600. The van der Waals surface area contributed by atoms with Gasteiger partial charge in [0.15, 0.2) is 0 Å². The van der Waals surface area contributed by atoms with Gasteiger partial charge in [-0.2, -0.15) is 0 Å². The number of hydrogen-bond acceptors (Lipinski definition) is 3. The number of nitrogens with zero attached hydrogens (tertiary/aromatic N) is 2. The van der Waals surface area contributed by atoms with Crippen molar-refractivity contribution in [3.63, 3.8) is 0 Å². The number of rotatable bonds is 4. The van der Waals surface area contributed by atoms with Crippen molar-refractivity contribution >= 4 is 82.7 Å². The largest absolute Gasteiger partial charge is 0.456 e. The first-order valence-electron chi connectivity index (χ1n) is 29.2. The first-order valence-corrected chi connectivity index (χ1v) is 29.2. The highest BCUT2D eigenvalue weighted by atomic mass is 16.3. The molecule has 4 aliphatic carbocycles. The summed E-state index contributed by atoms with van der Waals surface area (Å²) in [5, 5.41) is 7.22. The predicted molar refractivity (Wildman–Crippen MR) is 340 cm³/mol. The second kappa shape index (κ2) is 15.3. The molecule has 0 aliphatic heterocycles. The van der Waals surface area contributed by atoms with E-state index in [1.807, 2.05) is 0 Å². The summed E-state index contributed by atoms with van der Waals surface area (Å²) in [6, 6.07) is 77.3. The SMILES string of the molecule is CC1(C)c2cc(N(c3ccc4c(c3)C(C)(C)c3c5c(c6oc7ccccc7c6c3-4)-c3ccccc3C5(C)C)c3ccc4c(c3)c3ccccc3n4-c3ccccc3)ccc2-c2cc3c(cc21)-c1c(ccc2oc4ccccc4c12)C3(C)C. The number of aromatic nitrogens is 1. The van der Waals surface area contributed by atoms with Gasteiger partial charge >= 0.3 is 0 Å². The maximum absolute atomic E-state index is 7.07. The molecule has 0 amide bonds. The van der Waals surface area contributed by atoms with E-state index in [1.165, 1.54) is 132 Å². The van der Waals surface area contributed by atoms with Gasteiger partial charge in [-0.15, -0.1) is 0 Å². The first kappa shape index (κ1) is 46.4. The summed E-state index contributed by atoms with van der Waals surface area (Å²) in [5.41, 5.74) is 30.8. The Kier molecular flexibility index (Phi) is 8.67. The van der Waals surface area contributed by atoms with Crippen molar-refractivity contribution in [2.24, 2.45) is 0 Å². The molecule has 0 fully saturated rings. The zero-order valence-electron chi connectivity index (χ0n) is 47.3. The lowest BCUT2D eigenvalue weighted by Crippen LogP contribution is -2.24. The maximum atomic E-state index is 7.07. The van der Waals surface area contributed by atoms with E-state index in [4.69, 9.17) is 8.83 Å². The zero-order valence-corrected chi connectivity index (χ0v) is 47.3. The van der Waals surface area contributed by atoms with Crippen molar-refractivity contribution in [1.29, 1.82) is 0 Å². The van der Waals surface area contributed by atoms with Gasteiger partial charge in [0.1, 0.15) is 22.3 Å². The summed E-state index contributed by atoms with van der Waals surface area (Å²) >= 11 is 0. The Balaban J connectivity index is 0.858. The highest BCUT2D eigenvalue weighted by molar-refractivity contribution is 6.21. The number of benzene rings is 11. The van der Waals surface area contributed by atoms with Gasteiger partial charge in [-0.3, -0.25) is 0 Å². The molecule has 0 N–H and O–H groups in total. The quantitative estimate of drug-likeness (QED) is 0.176. The molecule has 4 aliphatic rings. The molecule has 0 unspecified atom stereocenters. The molecule has 392 valence electrons. The molecule has 0 bridgehead atoms. The van der Waals surface area contributed by atoms with E-state index in [0.29, 0.717) is 0 Å². The van der Waals surface area contributed by atoms with Gasteiger partial charge in [0, 0.05) is 82.3 Å². The third kappa shape index (κ3) is 5.63. The maximum Gasteiger partial charge on any atom is 0.144 e. The minimum atomic E-state index is -0.363. The lowest BCUT2D eigenvalue weighted by Gasteiger charge is -2.32. The summed E-state index contributed by atoms with van der Waals surface area (Å²) in [4.78, 5) is 2.54. The van der Waals surface area contributed by atoms with Crippen LogP contribution in [0.4, 0.5) is 17.1 Å². The minimum Gasteiger partial charge on any atom is -0.456 e. The minimum absolute atomic E-state index is 0.199. The number of para-hydroxylation sites is 4. The third-order valence-electron chi connectivity index (χ3n) is 20.3. The molecule has 3 heterocycles. The number of hydrogen-bond donors (Lipinski definition) is 0. The summed E-state index contributed by atoms with van der Waals surface area (Å²) in [6.07, 6.45) is 0. The highest BCUT2D eigenvalue weighted by Gasteiger charge is 2.49. The molecule has 18 rings (SSSR count). The van der Waals surface area contributed by atoms with Crippen molar-refractivity contribution in [1.82, 2.24) is 4.57 Å². The van der Waals surface area contributed by atoms with Crippen molar-refractivity contribution in [2.75, 3.05) is 4.90 Å². The van der Waals surface area contributed by atoms with Crippen LogP contribution >= 0.6 is 0 Å². The Hall–Kier alpha value is -9.38. The monoisotopic (exact) mass is 1050 g/mol. The molecule has 0 spiro atoms. The van der Waals surface area contributed by atoms with E-state index in [1.54, 1.807) is 0 Å². The van der Waals surface area contributed by atoms with Gasteiger partial charge in [-0.1, -0.05) is 171 Å². The van der Waals surface area contributed by atoms with Crippen LogP contribution < -0.4 is 4.90 Å². The fourth-order valence-corrected chi connectivity index (χ4v) is 16.5.